The van der Waals surface area contributed by atoms with Crippen LogP contribution in [-0.2, 0) is 4.79 Å². The minimum atomic E-state index is -0.210. The summed E-state index contributed by atoms with van der Waals surface area (Å²) < 4.78 is 0. The number of piperazine rings is 1. The van der Waals surface area contributed by atoms with E-state index in [0.717, 1.165) is 29.7 Å². The number of fused-ring (bicyclic) bond motifs is 1. The smallest absolute Gasteiger partial charge is 0.242 e. The van der Waals surface area contributed by atoms with Gasteiger partial charge in [0.05, 0.1) is 5.52 Å². The topological polar surface area (TPSA) is 58.1 Å². The van der Waals surface area contributed by atoms with E-state index >= 15 is 0 Å². The molecule has 6 heteroatoms. The van der Waals surface area contributed by atoms with Gasteiger partial charge in [-0.3, -0.25) is 4.79 Å². The first kappa shape index (κ1) is 13.1. The minimum absolute atomic E-state index is 0.0394. The van der Waals surface area contributed by atoms with Crippen molar-refractivity contribution in [1.82, 2.24) is 15.3 Å². The van der Waals surface area contributed by atoms with Gasteiger partial charge in [0.15, 0.2) is 0 Å². The van der Waals surface area contributed by atoms with Crippen molar-refractivity contribution < 1.29 is 4.79 Å². The molecule has 104 valence electrons. The van der Waals surface area contributed by atoms with E-state index in [-0.39, 0.29) is 17.2 Å². The number of amides is 1. The number of benzene rings is 1. The number of halogens is 1. The van der Waals surface area contributed by atoms with Crippen LogP contribution in [0.5, 0.6) is 0 Å². The minimum Gasteiger partial charge on any atom is -0.353 e. The van der Waals surface area contributed by atoms with E-state index in [1.165, 1.54) is 0 Å². The number of aromatic nitrogens is 2. The lowest BCUT2D eigenvalue weighted by Gasteiger charge is -2.35. The molecule has 1 amide bonds. The number of carbonyl (C=O) groups is 1. The second-order valence-electron chi connectivity index (χ2n) is 4.74. The van der Waals surface area contributed by atoms with Crippen LogP contribution < -0.4 is 10.2 Å². The lowest BCUT2D eigenvalue weighted by atomic mass is 10.1. The van der Waals surface area contributed by atoms with Crippen molar-refractivity contribution in [2.75, 3.05) is 18.0 Å². The molecule has 1 N–H and O–H groups in total. The largest absolute Gasteiger partial charge is 0.353 e. The molecule has 2 heterocycles. The Morgan fingerprint density at radius 1 is 1.40 bits per heavy atom. The molecule has 0 aliphatic carbocycles. The molecular formula is C14H15ClN4O. The Balaban J connectivity index is 2.15. The number of hydrogen-bond donors (Lipinski definition) is 1. The van der Waals surface area contributed by atoms with Gasteiger partial charge in [-0.15, -0.1) is 0 Å². The second-order valence-corrected chi connectivity index (χ2v) is 5.08. The van der Waals surface area contributed by atoms with Crippen LogP contribution in [0, 0.1) is 0 Å². The van der Waals surface area contributed by atoms with E-state index < -0.39 is 0 Å². The Labute approximate surface area is 122 Å². The summed E-state index contributed by atoms with van der Waals surface area (Å²) in [7, 11) is 0. The average Bonchev–Trinajstić information content (AvgIpc) is 2.46. The third kappa shape index (κ3) is 2.18. The summed E-state index contributed by atoms with van der Waals surface area (Å²) in [6.07, 6.45) is 0.724. The van der Waals surface area contributed by atoms with E-state index in [1.807, 2.05) is 36.1 Å². The van der Waals surface area contributed by atoms with E-state index in [4.69, 9.17) is 11.6 Å². The zero-order valence-corrected chi connectivity index (χ0v) is 11.9. The van der Waals surface area contributed by atoms with Gasteiger partial charge in [0.25, 0.3) is 0 Å². The first-order chi connectivity index (χ1) is 9.70. The lowest BCUT2D eigenvalue weighted by Crippen LogP contribution is -2.55. The highest BCUT2D eigenvalue weighted by Gasteiger charge is 2.30. The molecule has 20 heavy (non-hydrogen) atoms. The molecule has 1 aromatic heterocycles. The predicted octanol–water partition coefficient (Wildman–Crippen LogP) is 2.00. The molecule has 0 saturated carbocycles. The second kappa shape index (κ2) is 5.25. The van der Waals surface area contributed by atoms with Gasteiger partial charge in [-0.05, 0) is 30.2 Å². The van der Waals surface area contributed by atoms with Crippen molar-refractivity contribution in [3.8, 4) is 0 Å². The molecule has 0 spiro atoms. The van der Waals surface area contributed by atoms with Crippen LogP contribution in [0.1, 0.15) is 13.3 Å². The van der Waals surface area contributed by atoms with Gasteiger partial charge in [-0.25, -0.2) is 4.98 Å². The third-order valence-electron chi connectivity index (χ3n) is 3.55. The van der Waals surface area contributed by atoms with Gasteiger partial charge in [0, 0.05) is 18.5 Å². The fourth-order valence-corrected chi connectivity index (χ4v) is 2.80. The third-order valence-corrected chi connectivity index (χ3v) is 3.71. The molecule has 1 aliphatic heterocycles. The molecule has 1 atom stereocenters. The number of carbonyl (C=O) groups excluding carboxylic acids is 1. The summed E-state index contributed by atoms with van der Waals surface area (Å²) in [5, 5.41) is 4.02. The van der Waals surface area contributed by atoms with Crippen molar-refractivity contribution in [2.24, 2.45) is 0 Å². The van der Waals surface area contributed by atoms with Crippen LogP contribution >= 0.6 is 11.6 Å². The molecule has 2 aromatic rings. The van der Waals surface area contributed by atoms with Crippen LogP contribution in [0.15, 0.2) is 24.3 Å². The molecule has 3 rings (SSSR count). The van der Waals surface area contributed by atoms with E-state index in [0.29, 0.717) is 6.54 Å². The highest BCUT2D eigenvalue weighted by Crippen LogP contribution is 2.28. The number of anilines is 1. The first-order valence-corrected chi connectivity index (χ1v) is 7.05. The molecular weight excluding hydrogens is 276 g/mol. The standard InChI is InChI=1S/C14H15ClN4O/c1-2-11-13(20)16-7-8-19(11)12-9-5-3-4-6-10(9)17-14(15)18-12/h3-6,11H,2,7-8H2,1H3,(H,16,20). The van der Waals surface area contributed by atoms with E-state index in [1.54, 1.807) is 0 Å². The van der Waals surface area contributed by atoms with Crippen molar-refractivity contribution in [2.45, 2.75) is 19.4 Å². The van der Waals surface area contributed by atoms with E-state index in [9.17, 15) is 4.79 Å². The van der Waals surface area contributed by atoms with Gasteiger partial charge >= 0.3 is 0 Å². The molecule has 1 saturated heterocycles. The SMILES string of the molecule is CCC1C(=O)NCCN1c1nc(Cl)nc2ccccc12. The van der Waals surface area contributed by atoms with Crippen LogP contribution in [0.4, 0.5) is 5.82 Å². The van der Waals surface area contributed by atoms with Gasteiger partial charge in [-0.1, -0.05) is 19.1 Å². The maximum Gasteiger partial charge on any atom is 0.242 e. The maximum atomic E-state index is 12.0. The van der Waals surface area contributed by atoms with Crippen LogP contribution in [0.2, 0.25) is 5.28 Å². The van der Waals surface area contributed by atoms with Gasteiger partial charge in [0.1, 0.15) is 11.9 Å². The number of nitrogens with one attached hydrogen (secondary N) is 1. The van der Waals surface area contributed by atoms with Crippen molar-refractivity contribution >= 4 is 34.2 Å². The maximum absolute atomic E-state index is 12.0. The number of para-hydroxylation sites is 1. The lowest BCUT2D eigenvalue weighted by molar-refractivity contribution is -0.123. The monoisotopic (exact) mass is 290 g/mol. The van der Waals surface area contributed by atoms with Crippen LogP contribution in [0.3, 0.4) is 0 Å². The highest BCUT2D eigenvalue weighted by molar-refractivity contribution is 6.28. The zero-order valence-electron chi connectivity index (χ0n) is 11.1. The number of hydrogen-bond acceptors (Lipinski definition) is 4. The molecule has 0 bridgehead atoms. The van der Waals surface area contributed by atoms with Gasteiger partial charge in [-0.2, -0.15) is 4.98 Å². The summed E-state index contributed by atoms with van der Waals surface area (Å²) in [4.78, 5) is 22.6. The fraction of sp³-hybridized carbons (Fsp3) is 0.357. The molecule has 1 fully saturated rings. The molecule has 1 unspecified atom stereocenters. The zero-order chi connectivity index (χ0) is 14.1. The van der Waals surface area contributed by atoms with Crippen molar-refractivity contribution in [1.29, 1.82) is 0 Å². The Bertz CT molecular complexity index is 661. The summed E-state index contributed by atoms with van der Waals surface area (Å²) >= 11 is 6.02. The normalized spacial score (nSPS) is 19.2. The molecule has 1 aromatic carbocycles. The van der Waals surface area contributed by atoms with Gasteiger partial charge < -0.3 is 10.2 Å². The van der Waals surface area contributed by atoms with Crippen molar-refractivity contribution in [3.05, 3.63) is 29.5 Å². The Kier molecular flexibility index (Phi) is 3.44. The average molecular weight is 291 g/mol. The van der Waals surface area contributed by atoms with Crippen LogP contribution in [-0.4, -0.2) is 35.0 Å². The predicted molar refractivity (Wildman–Crippen MR) is 79.0 cm³/mol. The summed E-state index contributed by atoms with van der Waals surface area (Å²) in [6, 6.07) is 7.50. The summed E-state index contributed by atoms with van der Waals surface area (Å²) in [6.45, 7) is 3.33. The first-order valence-electron chi connectivity index (χ1n) is 6.67. The number of nitrogens with zero attached hydrogens (tertiary/aromatic N) is 3. The summed E-state index contributed by atoms with van der Waals surface area (Å²) in [5.41, 5.74) is 0.795. The Morgan fingerprint density at radius 2 is 2.20 bits per heavy atom. The fourth-order valence-electron chi connectivity index (χ4n) is 2.63. The Morgan fingerprint density at radius 3 is 3.00 bits per heavy atom. The molecule has 5 nitrogen and oxygen atoms in total. The molecule has 0 radical (unpaired) electrons. The van der Waals surface area contributed by atoms with E-state index in [2.05, 4.69) is 15.3 Å². The van der Waals surface area contributed by atoms with Crippen molar-refractivity contribution in [3.63, 3.8) is 0 Å². The Hall–Kier alpha value is -1.88. The highest BCUT2D eigenvalue weighted by atomic mass is 35.5. The summed E-state index contributed by atoms with van der Waals surface area (Å²) in [5.74, 6) is 0.778. The molecule has 1 aliphatic rings. The van der Waals surface area contributed by atoms with Crippen LogP contribution in [0.25, 0.3) is 10.9 Å². The number of rotatable bonds is 2. The quantitative estimate of drug-likeness (QED) is 0.860. The van der Waals surface area contributed by atoms with Gasteiger partial charge in [0.2, 0.25) is 11.2 Å².